The van der Waals surface area contributed by atoms with Gasteiger partial charge in [-0.15, -0.1) is 0 Å². The van der Waals surface area contributed by atoms with Gasteiger partial charge in [0, 0.05) is 8.72 Å². The molecule has 1 aromatic rings. The van der Waals surface area contributed by atoms with Crippen molar-refractivity contribution in [2.75, 3.05) is 0 Å². The Morgan fingerprint density at radius 1 is 1.17 bits per heavy atom. The molecule has 18 heavy (non-hydrogen) atoms. The van der Waals surface area contributed by atoms with Crippen molar-refractivity contribution in [2.45, 2.75) is 33.3 Å². The lowest BCUT2D eigenvalue weighted by atomic mass is 10.0. The third-order valence-electron chi connectivity index (χ3n) is 3.23. The molecule has 0 fully saturated rings. The van der Waals surface area contributed by atoms with E-state index in [0.29, 0.717) is 0 Å². The molecule has 2 aliphatic heterocycles. The summed E-state index contributed by atoms with van der Waals surface area (Å²) in [5.74, 6) is 1.03. The van der Waals surface area contributed by atoms with E-state index in [4.69, 9.17) is 4.74 Å². The van der Waals surface area contributed by atoms with Crippen molar-refractivity contribution < 1.29 is 4.74 Å². The predicted molar refractivity (Wildman–Crippen MR) is 85.5 cm³/mol. The fourth-order valence-electron chi connectivity index (χ4n) is 2.34. The predicted octanol–water partition coefficient (Wildman–Crippen LogP) is 4.18. The van der Waals surface area contributed by atoms with Crippen molar-refractivity contribution in [2.24, 2.45) is 0 Å². The van der Waals surface area contributed by atoms with Crippen molar-refractivity contribution in [3.8, 4) is 5.75 Å². The first kappa shape index (κ1) is 12.2. The number of hydrogen-bond acceptors (Lipinski definition) is 1. The normalized spacial score (nSPS) is 19.8. The van der Waals surface area contributed by atoms with E-state index in [1.54, 1.807) is 3.58 Å². The van der Waals surface area contributed by atoms with Gasteiger partial charge >= 0.3 is 0 Å². The van der Waals surface area contributed by atoms with Gasteiger partial charge in [-0.05, 0) is 60.3 Å². The summed E-state index contributed by atoms with van der Waals surface area (Å²) in [5.41, 5.74) is 2.41. The zero-order valence-electron chi connectivity index (χ0n) is 11.2. The first-order valence-electron chi connectivity index (χ1n) is 6.18. The van der Waals surface area contributed by atoms with E-state index in [1.807, 2.05) is 0 Å². The molecule has 0 radical (unpaired) electrons. The highest BCUT2D eigenvalue weighted by atomic mass is 127. The second-order valence-electron chi connectivity index (χ2n) is 5.42. The number of fused-ring (bicyclic) bond motifs is 2. The zero-order valence-corrected chi connectivity index (χ0v) is 13.3. The molecule has 0 saturated carbocycles. The molecule has 0 atom stereocenters. The molecule has 1 aromatic carbocycles. The minimum absolute atomic E-state index is 0.0147. The third-order valence-corrected chi connectivity index (χ3v) is 5.86. The fourth-order valence-corrected chi connectivity index (χ4v) is 5.24. The molecule has 0 saturated heterocycles. The number of rotatable bonds is 0. The fraction of sp³-hybridized carbons (Fsp3) is 0.312. The number of allylic oxidation sites excluding steroid dienone is 2. The summed E-state index contributed by atoms with van der Waals surface area (Å²) in [4.78, 5) is 0. The Labute approximate surface area is 118 Å². The molecule has 2 heterocycles. The first-order valence-corrected chi connectivity index (χ1v) is 8.34. The third kappa shape index (κ3) is 2.07. The summed E-state index contributed by atoms with van der Waals surface area (Å²) in [6.45, 7) is 8.63. The molecule has 1 nitrogen and oxygen atoms in total. The Bertz CT molecular complexity index is 705. The van der Waals surface area contributed by atoms with Crippen molar-refractivity contribution in [1.29, 1.82) is 0 Å². The van der Waals surface area contributed by atoms with Gasteiger partial charge < -0.3 is 4.74 Å². The highest BCUT2D eigenvalue weighted by Gasteiger charge is 2.21. The molecule has 0 amide bonds. The molecule has 0 bridgehead atoms. The van der Waals surface area contributed by atoms with E-state index in [0.717, 1.165) is 5.75 Å². The van der Waals surface area contributed by atoms with Gasteiger partial charge in [0.15, 0.2) is 0 Å². The van der Waals surface area contributed by atoms with Crippen LogP contribution in [0.5, 0.6) is 5.75 Å². The van der Waals surface area contributed by atoms with Crippen LogP contribution < -0.4 is 9.96 Å². The van der Waals surface area contributed by atoms with Crippen molar-refractivity contribution in [1.82, 2.24) is 0 Å². The molecule has 0 aliphatic carbocycles. The van der Waals surface area contributed by atoms with Crippen LogP contribution >= 0.6 is 20.7 Å². The minimum atomic E-state index is -0.190. The van der Waals surface area contributed by atoms with Crippen molar-refractivity contribution in [3.05, 3.63) is 41.8 Å². The maximum atomic E-state index is 6.05. The topological polar surface area (TPSA) is 9.23 Å². The number of ether oxygens (including phenoxy) is 1. The van der Waals surface area contributed by atoms with Gasteiger partial charge in [-0.2, -0.15) is 0 Å². The smallest absolute Gasteiger partial charge is 0.128 e. The Balaban J connectivity index is 2.29. The molecular formula is C16H17IO. The lowest BCUT2D eigenvalue weighted by molar-refractivity contribution is 0.159. The second-order valence-corrected chi connectivity index (χ2v) is 8.82. The van der Waals surface area contributed by atoms with E-state index in [1.165, 1.54) is 19.5 Å². The van der Waals surface area contributed by atoms with Gasteiger partial charge in [-0.3, -0.25) is 0 Å². The van der Waals surface area contributed by atoms with E-state index >= 15 is 0 Å². The van der Waals surface area contributed by atoms with E-state index in [-0.39, 0.29) is 26.3 Å². The van der Waals surface area contributed by atoms with Crippen LogP contribution in [0.3, 0.4) is 0 Å². The Kier molecular flexibility index (Phi) is 2.73. The Morgan fingerprint density at radius 2 is 1.94 bits per heavy atom. The van der Waals surface area contributed by atoms with Crippen molar-refractivity contribution in [3.63, 3.8) is 0 Å². The number of hydrogen-bond donors (Lipinski definition) is 0. The van der Waals surface area contributed by atoms with Gasteiger partial charge in [-0.1, -0.05) is 32.9 Å². The molecular weight excluding hydrogens is 335 g/mol. The Morgan fingerprint density at radius 3 is 2.72 bits per heavy atom. The summed E-state index contributed by atoms with van der Waals surface area (Å²) in [5, 5.41) is 1.39. The quantitative estimate of drug-likeness (QED) is 0.637. The van der Waals surface area contributed by atoms with Crippen LogP contribution in [-0.4, -0.2) is 5.60 Å². The molecule has 94 valence electrons. The molecule has 0 aromatic heterocycles. The standard InChI is InChI=1S/C16H17IO/c1-10-7-11(2)17-14-8-12-5-6-16(3,4)18-15(12)9-13(10)14/h5-9H,1-4H3. The van der Waals surface area contributed by atoms with Crippen LogP contribution in [-0.2, 0) is 0 Å². The van der Waals surface area contributed by atoms with Crippen LogP contribution in [0.15, 0.2) is 27.9 Å². The summed E-state index contributed by atoms with van der Waals surface area (Å²) in [7, 11) is 0. The molecule has 0 unspecified atom stereocenters. The first-order chi connectivity index (χ1) is 8.44. The van der Waals surface area contributed by atoms with E-state index in [9.17, 15) is 0 Å². The van der Waals surface area contributed by atoms with Crippen LogP contribution in [0.1, 0.15) is 33.3 Å². The summed E-state index contributed by atoms with van der Waals surface area (Å²) >= 11 is 0.0147. The largest absolute Gasteiger partial charge is 0.483 e. The van der Waals surface area contributed by atoms with E-state index < -0.39 is 0 Å². The number of benzene rings is 1. The average molecular weight is 352 g/mol. The maximum Gasteiger partial charge on any atom is 0.128 e. The van der Waals surface area contributed by atoms with Crippen LogP contribution in [0.25, 0.3) is 11.6 Å². The van der Waals surface area contributed by atoms with Crippen LogP contribution in [0, 0.1) is 3.15 Å². The van der Waals surface area contributed by atoms with Gasteiger partial charge in [0.05, 0.1) is 0 Å². The van der Waals surface area contributed by atoms with E-state index in [2.05, 4.69) is 58.1 Å². The van der Waals surface area contributed by atoms with Gasteiger partial charge in [0.2, 0.25) is 0 Å². The van der Waals surface area contributed by atoms with Gasteiger partial charge in [-0.25, -0.2) is 0 Å². The van der Waals surface area contributed by atoms with Gasteiger partial charge in [0.25, 0.3) is 0 Å². The highest BCUT2D eigenvalue weighted by molar-refractivity contribution is 14.2. The highest BCUT2D eigenvalue weighted by Crippen LogP contribution is 2.32. The molecule has 0 N–H and O–H groups in total. The van der Waals surface area contributed by atoms with Crippen LogP contribution in [0.2, 0.25) is 0 Å². The average Bonchev–Trinajstić information content (AvgIpc) is 2.26. The summed E-state index contributed by atoms with van der Waals surface area (Å²) in [6.07, 6.45) is 6.67. The molecule has 0 spiro atoms. The monoisotopic (exact) mass is 352 g/mol. The lowest BCUT2D eigenvalue weighted by Crippen LogP contribution is -2.28. The van der Waals surface area contributed by atoms with Crippen LogP contribution in [0.4, 0.5) is 0 Å². The zero-order chi connectivity index (χ0) is 12.9. The minimum Gasteiger partial charge on any atom is -0.483 e. The van der Waals surface area contributed by atoms with Gasteiger partial charge in [0.1, 0.15) is 11.4 Å². The van der Waals surface area contributed by atoms with Crippen molar-refractivity contribution >= 4 is 32.4 Å². The molecule has 3 rings (SSSR count). The summed E-state index contributed by atoms with van der Waals surface area (Å²) in [6, 6.07) is 4.55. The number of halogens is 1. The molecule has 2 heteroatoms. The SMILES string of the molecule is CC1=CC(C)=c2cc3c(cc2=I1)C=CC(C)(C)O3. The molecule has 2 aliphatic rings. The second kappa shape index (κ2) is 4.05. The Hall–Kier alpha value is -0.900. The lowest BCUT2D eigenvalue weighted by Gasteiger charge is -2.28. The summed E-state index contributed by atoms with van der Waals surface area (Å²) < 4.78 is 9.12. The maximum absolute atomic E-state index is 6.05.